The van der Waals surface area contributed by atoms with Gasteiger partial charge in [0.05, 0.1) is 16.1 Å². The van der Waals surface area contributed by atoms with Gasteiger partial charge in [0, 0.05) is 22.2 Å². The lowest BCUT2D eigenvalue weighted by molar-refractivity contribution is 0.102. The first kappa shape index (κ1) is 19.7. The highest BCUT2D eigenvalue weighted by Crippen LogP contribution is 2.27. The molecule has 0 atom stereocenters. The lowest BCUT2D eigenvalue weighted by atomic mass is 10.1. The van der Waals surface area contributed by atoms with Crippen LogP contribution in [0.2, 0.25) is 0 Å². The second kappa shape index (κ2) is 7.66. The number of aryl methyl sites for hydroxylation is 1. The summed E-state index contributed by atoms with van der Waals surface area (Å²) in [7, 11) is -3.83. The van der Waals surface area contributed by atoms with Gasteiger partial charge in [-0.05, 0) is 48.9 Å². The van der Waals surface area contributed by atoms with E-state index in [0.717, 1.165) is 22.2 Å². The maximum absolute atomic E-state index is 12.7. The molecule has 0 spiro atoms. The van der Waals surface area contributed by atoms with E-state index in [1.165, 1.54) is 24.5 Å². The van der Waals surface area contributed by atoms with Crippen molar-refractivity contribution in [1.29, 1.82) is 0 Å². The highest BCUT2D eigenvalue weighted by molar-refractivity contribution is 7.89. The predicted octanol–water partition coefficient (Wildman–Crippen LogP) is 3.50. The summed E-state index contributed by atoms with van der Waals surface area (Å²) in [4.78, 5) is 21.4. The number of sulfonamides is 1. The Labute approximate surface area is 173 Å². The van der Waals surface area contributed by atoms with Crippen LogP contribution in [0.25, 0.3) is 22.2 Å². The number of hydrogen-bond donors (Lipinski definition) is 2. The number of fused-ring (bicyclic) bond motifs is 1. The minimum absolute atomic E-state index is 0.00307. The Balaban J connectivity index is 1.64. The Morgan fingerprint density at radius 3 is 2.53 bits per heavy atom. The van der Waals surface area contributed by atoms with Crippen LogP contribution in [0.15, 0.2) is 78.0 Å². The zero-order valence-electron chi connectivity index (χ0n) is 16.0. The van der Waals surface area contributed by atoms with Crippen LogP contribution in [0, 0.1) is 6.92 Å². The molecule has 1 heterocycles. The minimum Gasteiger partial charge on any atom is -0.322 e. The number of aromatic nitrogens is 2. The highest BCUT2D eigenvalue weighted by Gasteiger charge is 2.15. The standard InChI is InChI=1S/C22H18N4O3S/c1-14-11-16(9-10-20(14)30(23,28)29)22(27)26-17-6-4-5-15(12-17)21-18-7-2-3-8-19(18)24-13-25-21/h2-13H,1H3,(H,26,27)(H2,23,28,29). The summed E-state index contributed by atoms with van der Waals surface area (Å²) < 4.78 is 23.1. The molecule has 30 heavy (non-hydrogen) atoms. The van der Waals surface area contributed by atoms with Crippen LogP contribution in [-0.2, 0) is 10.0 Å². The van der Waals surface area contributed by atoms with E-state index in [1.807, 2.05) is 42.5 Å². The number of anilines is 1. The van der Waals surface area contributed by atoms with Crippen molar-refractivity contribution in [2.45, 2.75) is 11.8 Å². The quantitative estimate of drug-likeness (QED) is 0.526. The maximum Gasteiger partial charge on any atom is 0.255 e. The number of para-hydroxylation sites is 1. The van der Waals surface area contributed by atoms with Gasteiger partial charge in [0.15, 0.2) is 0 Å². The largest absolute Gasteiger partial charge is 0.322 e. The fourth-order valence-corrected chi connectivity index (χ4v) is 4.06. The number of carbonyl (C=O) groups excluding carboxylic acids is 1. The number of nitrogens with two attached hydrogens (primary N) is 1. The van der Waals surface area contributed by atoms with Gasteiger partial charge in [-0.1, -0.05) is 30.3 Å². The fraction of sp³-hybridized carbons (Fsp3) is 0.0455. The van der Waals surface area contributed by atoms with E-state index >= 15 is 0 Å². The van der Waals surface area contributed by atoms with Crippen molar-refractivity contribution >= 4 is 32.5 Å². The summed E-state index contributed by atoms with van der Waals surface area (Å²) in [6.45, 7) is 1.59. The Morgan fingerprint density at radius 1 is 0.967 bits per heavy atom. The van der Waals surface area contributed by atoms with Crippen molar-refractivity contribution in [1.82, 2.24) is 9.97 Å². The number of nitrogens with zero attached hydrogens (tertiary/aromatic N) is 2. The second-order valence-corrected chi connectivity index (χ2v) is 8.33. The summed E-state index contributed by atoms with van der Waals surface area (Å²) in [6, 6.07) is 19.3. The van der Waals surface area contributed by atoms with E-state index in [0.29, 0.717) is 16.8 Å². The van der Waals surface area contributed by atoms with Gasteiger partial charge >= 0.3 is 0 Å². The molecule has 1 amide bonds. The summed E-state index contributed by atoms with van der Waals surface area (Å²) in [6.07, 6.45) is 1.51. The van der Waals surface area contributed by atoms with E-state index in [-0.39, 0.29) is 10.8 Å². The predicted molar refractivity (Wildman–Crippen MR) is 115 cm³/mol. The van der Waals surface area contributed by atoms with Crippen LogP contribution in [0.3, 0.4) is 0 Å². The number of rotatable bonds is 4. The van der Waals surface area contributed by atoms with Crippen LogP contribution in [0.5, 0.6) is 0 Å². The topological polar surface area (TPSA) is 115 Å². The highest BCUT2D eigenvalue weighted by atomic mass is 32.2. The number of nitrogens with one attached hydrogen (secondary N) is 1. The van der Waals surface area contributed by atoms with Gasteiger partial charge < -0.3 is 5.32 Å². The molecule has 8 heteroatoms. The van der Waals surface area contributed by atoms with Gasteiger partial charge in [-0.3, -0.25) is 4.79 Å². The van der Waals surface area contributed by atoms with Gasteiger partial charge in [0.25, 0.3) is 5.91 Å². The normalized spacial score (nSPS) is 11.4. The van der Waals surface area contributed by atoms with Gasteiger partial charge in [0.1, 0.15) is 6.33 Å². The zero-order chi connectivity index (χ0) is 21.3. The Kier molecular flexibility index (Phi) is 5.03. The SMILES string of the molecule is Cc1cc(C(=O)Nc2cccc(-c3ncnc4ccccc34)c2)ccc1S(N)(=O)=O. The molecule has 0 aliphatic heterocycles. The monoisotopic (exact) mass is 418 g/mol. The van der Waals surface area contributed by atoms with Gasteiger partial charge in [-0.15, -0.1) is 0 Å². The Morgan fingerprint density at radius 2 is 1.77 bits per heavy atom. The first-order valence-electron chi connectivity index (χ1n) is 9.08. The van der Waals surface area contributed by atoms with Crippen LogP contribution in [0.1, 0.15) is 15.9 Å². The molecule has 0 radical (unpaired) electrons. The summed E-state index contributed by atoms with van der Waals surface area (Å²) >= 11 is 0. The van der Waals surface area contributed by atoms with E-state index in [4.69, 9.17) is 5.14 Å². The maximum atomic E-state index is 12.7. The molecule has 4 aromatic rings. The Hall–Kier alpha value is -3.62. The van der Waals surface area contributed by atoms with Crippen molar-refractivity contribution in [3.05, 3.63) is 84.2 Å². The van der Waals surface area contributed by atoms with Crippen molar-refractivity contribution < 1.29 is 13.2 Å². The van der Waals surface area contributed by atoms with Crippen LogP contribution in [0.4, 0.5) is 5.69 Å². The van der Waals surface area contributed by atoms with Gasteiger partial charge in [-0.25, -0.2) is 23.5 Å². The molecule has 1 aromatic heterocycles. The number of primary sulfonamides is 1. The zero-order valence-corrected chi connectivity index (χ0v) is 16.8. The minimum atomic E-state index is -3.83. The molecule has 0 aliphatic carbocycles. The van der Waals surface area contributed by atoms with Crippen LogP contribution >= 0.6 is 0 Å². The van der Waals surface area contributed by atoms with Crippen molar-refractivity contribution in [3.8, 4) is 11.3 Å². The number of hydrogen-bond acceptors (Lipinski definition) is 5. The van der Waals surface area contributed by atoms with E-state index < -0.39 is 10.0 Å². The van der Waals surface area contributed by atoms with Crippen molar-refractivity contribution in [3.63, 3.8) is 0 Å². The lowest BCUT2D eigenvalue weighted by Crippen LogP contribution is -2.16. The van der Waals surface area contributed by atoms with Crippen molar-refractivity contribution in [2.24, 2.45) is 5.14 Å². The molecule has 4 rings (SSSR count). The fourth-order valence-electron chi connectivity index (χ4n) is 3.29. The first-order chi connectivity index (χ1) is 14.3. The van der Waals surface area contributed by atoms with Gasteiger partial charge in [0.2, 0.25) is 10.0 Å². The molecular weight excluding hydrogens is 400 g/mol. The molecule has 3 N–H and O–H groups in total. The number of benzene rings is 3. The average Bonchev–Trinajstić information content (AvgIpc) is 2.72. The van der Waals surface area contributed by atoms with E-state index in [2.05, 4.69) is 15.3 Å². The molecule has 0 saturated heterocycles. The molecular formula is C22H18N4O3S. The summed E-state index contributed by atoms with van der Waals surface area (Å²) in [5.74, 6) is -0.358. The molecule has 0 saturated carbocycles. The van der Waals surface area contributed by atoms with Crippen LogP contribution in [-0.4, -0.2) is 24.3 Å². The molecule has 0 bridgehead atoms. The van der Waals surface area contributed by atoms with Crippen molar-refractivity contribution in [2.75, 3.05) is 5.32 Å². The van der Waals surface area contributed by atoms with E-state index in [1.54, 1.807) is 13.0 Å². The lowest BCUT2D eigenvalue weighted by Gasteiger charge is -2.10. The third kappa shape index (κ3) is 3.91. The molecule has 150 valence electrons. The Bertz CT molecular complexity index is 1380. The number of amides is 1. The second-order valence-electron chi connectivity index (χ2n) is 6.80. The average molecular weight is 418 g/mol. The van der Waals surface area contributed by atoms with E-state index in [9.17, 15) is 13.2 Å². The molecule has 0 unspecified atom stereocenters. The van der Waals surface area contributed by atoms with Crippen LogP contribution < -0.4 is 10.5 Å². The molecule has 3 aromatic carbocycles. The first-order valence-corrected chi connectivity index (χ1v) is 10.6. The smallest absolute Gasteiger partial charge is 0.255 e. The van der Waals surface area contributed by atoms with Gasteiger partial charge in [-0.2, -0.15) is 0 Å². The molecule has 0 aliphatic rings. The summed E-state index contributed by atoms with van der Waals surface area (Å²) in [5.41, 5.74) is 3.78. The summed E-state index contributed by atoms with van der Waals surface area (Å²) in [5, 5.41) is 8.93. The third-order valence-electron chi connectivity index (χ3n) is 4.68. The molecule has 0 fully saturated rings. The molecule has 7 nitrogen and oxygen atoms in total. The number of carbonyl (C=O) groups is 1. The third-order valence-corrected chi connectivity index (χ3v) is 5.75.